The Hall–Kier alpha value is -3.42. The van der Waals surface area contributed by atoms with Crippen molar-refractivity contribution in [1.82, 2.24) is 10.6 Å². The van der Waals surface area contributed by atoms with Crippen LogP contribution >= 0.6 is 0 Å². The lowest BCUT2D eigenvalue weighted by Gasteiger charge is -2.19. The highest BCUT2D eigenvalue weighted by molar-refractivity contribution is 5.78. The molecule has 0 bridgehead atoms. The molecule has 2 N–H and O–H groups in total. The standard InChI is InChI=1S/C25H28N2O6/c28-24(9-3-16-1-7-20-22(11-16)32-14-30-20)26-13-19(18-5-6-18)27-25(29)10-4-17-2-8-21-23(12-17)33-15-31-21/h1-2,7-8,11-12,18-19H,3-6,9-10,13-15H2,(H,26,28)(H,27,29). The Morgan fingerprint density at radius 2 is 1.33 bits per heavy atom. The Kier molecular flexibility index (Phi) is 6.24. The number of nitrogens with one attached hydrogen (secondary N) is 2. The van der Waals surface area contributed by atoms with Crippen LogP contribution in [0.5, 0.6) is 23.0 Å². The van der Waals surface area contributed by atoms with Gasteiger partial charge in [0.15, 0.2) is 23.0 Å². The van der Waals surface area contributed by atoms with Crippen molar-refractivity contribution in [2.45, 2.75) is 44.6 Å². The first kappa shape index (κ1) is 21.4. The Balaban J connectivity index is 1.05. The molecule has 5 rings (SSSR count). The number of carbonyl (C=O) groups excluding carboxylic acids is 2. The normalized spacial score (nSPS) is 16.4. The maximum Gasteiger partial charge on any atom is 0.231 e. The summed E-state index contributed by atoms with van der Waals surface area (Å²) >= 11 is 0. The quantitative estimate of drug-likeness (QED) is 0.576. The smallest absolute Gasteiger partial charge is 0.231 e. The van der Waals surface area contributed by atoms with E-state index in [1.807, 2.05) is 36.4 Å². The first-order valence-electron chi connectivity index (χ1n) is 11.5. The summed E-state index contributed by atoms with van der Waals surface area (Å²) in [6.07, 6.45) is 4.19. The van der Waals surface area contributed by atoms with Crippen molar-refractivity contribution in [1.29, 1.82) is 0 Å². The molecule has 8 nitrogen and oxygen atoms in total. The van der Waals surface area contributed by atoms with Crippen LogP contribution in [0.2, 0.25) is 0 Å². The van der Waals surface area contributed by atoms with Crippen molar-refractivity contribution in [2.24, 2.45) is 5.92 Å². The van der Waals surface area contributed by atoms with Gasteiger partial charge >= 0.3 is 0 Å². The first-order chi connectivity index (χ1) is 16.1. The third kappa shape index (κ3) is 5.50. The third-order valence-corrected chi connectivity index (χ3v) is 6.21. The lowest BCUT2D eigenvalue weighted by Crippen LogP contribution is -2.45. The average molecular weight is 453 g/mol. The van der Waals surface area contributed by atoms with Gasteiger partial charge in [-0.1, -0.05) is 12.1 Å². The number of carbonyl (C=O) groups is 2. The van der Waals surface area contributed by atoms with E-state index in [1.54, 1.807) is 0 Å². The van der Waals surface area contributed by atoms with E-state index in [4.69, 9.17) is 18.9 Å². The molecule has 2 amide bonds. The topological polar surface area (TPSA) is 95.1 Å². The van der Waals surface area contributed by atoms with E-state index in [2.05, 4.69) is 10.6 Å². The molecule has 8 heteroatoms. The number of hydrogen-bond donors (Lipinski definition) is 2. The van der Waals surface area contributed by atoms with E-state index in [1.165, 1.54) is 0 Å². The van der Waals surface area contributed by atoms with Crippen molar-refractivity contribution in [3.63, 3.8) is 0 Å². The Labute approximate surface area is 192 Å². The molecule has 33 heavy (non-hydrogen) atoms. The van der Waals surface area contributed by atoms with Gasteiger partial charge in [-0.3, -0.25) is 9.59 Å². The largest absolute Gasteiger partial charge is 0.454 e. The van der Waals surface area contributed by atoms with Crippen LogP contribution in [-0.2, 0) is 22.4 Å². The number of ether oxygens (including phenoxy) is 4. The van der Waals surface area contributed by atoms with Gasteiger partial charge in [-0.25, -0.2) is 0 Å². The summed E-state index contributed by atoms with van der Waals surface area (Å²) in [5, 5.41) is 6.11. The van der Waals surface area contributed by atoms with Crippen molar-refractivity contribution in [2.75, 3.05) is 20.1 Å². The van der Waals surface area contributed by atoms with Crippen molar-refractivity contribution < 1.29 is 28.5 Å². The Bertz CT molecular complexity index is 1040. The highest BCUT2D eigenvalue weighted by atomic mass is 16.7. The second-order valence-electron chi connectivity index (χ2n) is 8.69. The number of aryl methyl sites for hydroxylation is 2. The van der Waals surface area contributed by atoms with E-state index in [0.717, 1.165) is 47.0 Å². The predicted molar refractivity (Wildman–Crippen MR) is 119 cm³/mol. The van der Waals surface area contributed by atoms with Gasteiger partial charge in [0.05, 0.1) is 0 Å². The van der Waals surface area contributed by atoms with Gasteiger partial charge in [0.2, 0.25) is 25.4 Å². The molecule has 0 spiro atoms. The molecule has 1 fully saturated rings. The van der Waals surface area contributed by atoms with Gasteiger partial charge < -0.3 is 29.6 Å². The highest BCUT2D eigenvalue weighted by Crippen LogP contribution is 2.34. The molecule has 1 saturated carbocycles. The van der Waals surface area contributed by atoms with Crippen molar-refractivity contribution in [3.05, 3.63) is 47.5 Å². The fourth-order valence-corrected chi connectivity index (χ4v) is 4.13. The molecular weight excluding hydrogens is 424 g/mol. The molecule has 2 heterocycles. The summed E-state index contributed by atoms with van der Waals surface area (Å²) < 4.78 is 21.4. The van der Waals surface area contributed by atoms with Crippen LogP contribution < -0.4 is 29.6 Å². The summed E-state index contributed by atoms with van der Waals surface area (Å²) in [4.78, 5) is 24.9. The Morgan fingerprint density at radius 3 is 1.91 bits per heavy atom. The summed E-state index contributed by atoms with van der Waals surface area (Å²) in [7, 11) is 0. The lowest BCUT2D eigenvalue weighted by atomic mass is 10.1. The van der Waals surface area contributed by atoms with Crippen molar-refractivity contribution in [3.8, 4) is 23.0 Å². The molecule has 1 atom stereocenters. The van der Waals surface area contributed by atoms with Gasteiger partial charge in [0.25, 0.3) is 0 Å². The molecular formula is C25H28N2O6. The second kappa shape index (κ2) is 9.60. The fraction of sp³-hybridized carbons (Fsp3) is 0.440. The number of fused-ring (bicyclic) bond motifs is 2. The maximum atomic E-state index is 12.5. The SMILES string of the molecule is O=C(CCc1ccc2c(c1)OCO2)NCC(NC(=O)CCc1ccc2c(c1)OCO2)C1CC1. The van der Waals surface area contributed by atoms with Gasteiger partial charge in [-0.15, -0.1) is 0 Å². The maximum absolute atomic E-state index is 12.5. The Morgan fingerprint density at radius 1 is 0.788 bits per heavy atom. The third-order valence-electron chi connectivity index (χ3n) is 6.21. The zero-order valence-electron chi connectivity index (χ0n) is 18.4. The minimum Gasteiger partial charge on any atom is -0.454 e. The summed E-state index contributed by atoms with van der Waals surface area (Å²) in [5.41, 5.74) is 2.07. The van der Waals surface area contributed by atoms with Crippen LogP contribution in [0.15, 0.2) is 36.4 Å². The van der Waals surface area contributed by atoms with Crippen LogP contribution in [0.25, 0.3) is 0 Å². The van der Waals surface area contributed by atoms with Crippen LogP contribution in [-0.4, -0.2) is 38.0 Å². The van der Waals surface area contributed by atoms with Crippen LogP contribution in [0, 0.1) is 5.92 Å². The first-order valence-corrected chi connectivity index (χ1v) is 11.5. The molecule has 2 aliphatic heterocycles. The van der Waals surface area contributed by atoms with Gasteiger partial charge in [0, 0.05) is 25.4 Å². The molecule has 2 aromatic carbocycles. The van der Waals surface area contributed by atoms with Crippen LogP contribution in [0.3, 0.4) is 0 Å². The number of hydrogen-bond acceptors (Lipinski definition) is 6. The summed E-state index contributed by atoms with van der Waals surface area (Å²) in [5.74, 6) is 3.36. The van der Waals surface area contributed by atoms with E-state index in [0.29, 0.717) is 38.1 Å². The molecule has 2 aromatic rings. The zero-order chi connectivity index (χ0) is 22.6. The monoisotopic (exact) mass is 452 g/mol. The second-order valence-corrected chi connectivity index (χ2v) is 8.69. The number of benzene rings is 2. The number of rotatable bonds is 10. The summed E-state index contributed by atoms with van der Waals surface area (Å²) in [6, 6.07) is 11.5. The zero-order valence-corrected chi connectivity index (χ0v) is 18.4. The minimum absolute atomic E-state index is 0.000763. The van der Waals surface area contributed by atoms with Gasteiger partial charge in [0.1, 0.15) is 0 Å². The van der Waals surface area contributed by atoms with E-state index >= 15 is 0 Å². The van der Waals surface area contributed by atoms with Gasteiger partial charge in [-0.05, 0) is 67.0 Å². The molecule has 1 aliphatic carbocycles. The average Bonchev–Trinajstić information content (AvgIpc) is 3.38. The van der Waals surface area contributed by atoms with Crippen molar-refractivity contribution >= 4 is 11.8 Å². The molecule has 0 radical (unpaired) electrons. The fourth-order valence-electron chi connectivity index (χ4n) is 4.13. The molecule has 0 saturated heterocycles. The minimum atomic E-state index is -0.0243. The number of amides is 2. The van der Waals surface area contributed by atoms with E-state index < -0.39 is 0 Å². The van der Waals surface area contributed by atoms with E-state index in [9.17, 15) is 9.59 Å². The highest BCUT2D eigenvalue weighted by Gasteiger charge is 2.32. The lowest BCUT2D eigenvalue weighted by molar-refractivity contribution is -0.123. The molecule has 174 valence electrons. The van der Waals surface area contributed by atoms with E-state index in [-0.39, 0.29) is 31.4 Å². The van der Waals surface area contributed by atoms with Crippen LogP contribution in [0.1, 0.15) is 36.8 Å². The van der Waals surface area contributed by atoms with Gasteiger partial charge in [-0.2, -0.15) is 0 Å². The van der Waals surface area contributed by atoms with Crippen LogP contribution in [0.4, 0.5) is 0 Å². The molecule has 0 aromatic heterocycles. The molecule has 3 aliphatic rings. The molecule has 1 unspecified atom stereocenters. The predicted octanol–water partition coefficient (Wildman–Crippen LogP) is 2.72. The summed E-state index contributed by atoms with van der Waals surface area (Å²) in [6.45, 7) is 0.940.